The third kappa shape index (κ3) is 4.64. The van der Waals surface area contributed by atoms with Crippen LogP contribution in [-0.4, -0.2) is 36.6 Å². The van der Waals surface area contributed by atoms with E-state index < -0.39 is 0 Å². The summed E-state index contributed by atoms with van der Waals surface area (Å²) in [7, 11) is 0. The van der Waals surface area contributed by atoms with Gasteiger partial charge in [0.05, 0.1) is 5.75 Å². The minimum absolute atomic E-state index is 0.0900. The fourth-order valence-electron chi connectivity index (χ4n) is 2.86. The van der Waals surface area contributed by atoms with E-state index in [0.717, 1.165) is 5.56 Å². The SMILES string of the molecule is CCn1c(SCC(=O)Nc2ccc(C)c(F)c2)nnc1-c1nc(-c2ccccc2)no1. The van der Waals surface area contributed by atoms with Gasteiger partial charge in [0.25, 0.3) is 5.89 Å². The maximum atomic E-state index is 13.7. The molecular weight excluding hydrogens is 419 g/mol. The monoisotopic (exact) mass is 438 g/mol. The highest BCUT2D eigenvalue weighted by molar-refractivity contribution is 7.99. The quantitative estimate of drug-likeness (QED) is 0.432. The van der Waals surface area contributed by atoms with Gasteiger partial charge in [-0.2, -0.15) is 4.98 Å². The number of amides is 1. The van der Waals surface area contributed by atoms with Crippen LogP contribution in [0.2, 0.25) is 0 Å². The number of nitrogens with one attached hydrogen (secondary N) is 1. The zero-order chi connectivity index (χ0) is 21.8. The van der Waals surface area contributed by atoms with Crippen LogP contribution >= 0.6 is 11.8 Å². The number of anilines is 1. The van der Waals surface area contributed by atoms with Crippen molar-refractivity contribution in [3.05, 3.63) is 59.9 Å². The highest BCUT2D eigenvalue weighted by Crippen LogP contribution is 2.25. The Labute approximate surface area is 181 Å². The van der Waals surface area contributed by atoms with Gasteiger partial charge >= 0.3 is 0 Å². The zero-order valence-electron chi connectivity index (χ0n) is 16.9. The Morgan fingerprint density at radius 2 is 2.00 bits per heavy atom. The Hall–Kier alpha value is -3.53. The van der Waals surface area contributed by atoms with Gasteiger partial charge in [0.1, 0.15) is 5.82 Å². The van der Waals surface area contributed by atoms with Crippen molar-refractivity contribution < 1.29 is 13.7 Å². The molecule has 31 heavy (non-hydrogen) atoms. The molecule has 0 fully saturated rings. The summed E-state index contributed by atoms with van der Waals surface area (Å²) in [6.07, 6.45) is 0. The minimum Gasteiger partial charge on any atom is -0.330 e. The minimum atomic E-state index is -0.366. The van der Waals surface area contributed by atoms with Gasteiger partial charge in [-0.25, -0.2) is 4.39 Å². The van der Waals surface area contributed by atoms with Gasteiger partial charge < -0.3 is 9.84 Å². The van der Waals surface area contributed by atoms with E-state index >= 15 is 0 Å². The molecule has 1 N–H and O–H groups in total. The van der Waals surface area contributed by atoms with Gasteiger partial charge in [-0.05, 0) is 31.5 Å². The fraction of sp³-hybridized carbons (Fsp3) is 0.190. The third-order valence-corrected chi connectivity index (χ3v) is 5.44. The molecule has 0 saturated carbocycles. The van der Waals surface area contributed by atoms with E-state index in [-0.39, 0.29) is 23.4 Å². The molecule has 4 aromatic rings. The van der Waals surface area contributed by atoms with E-state index in [4.69, 9.17) is 4.52 Å². The third-order valence-electron chi connectivity index (χ3n) is 4.47. The van der Waals surface area contributed by atoms with Gasteiger partial charge in [0.15, 0.2) is 5.16 Å². The van der Waals surface area contributed by atoms with Crippen molar-refractivity contribution in [3.8, 4) is 23.1 Å². The molecule has 0 aliphatic rings. The Bertz CT molecular complexity index is 1210. The van der Waals surface area contributed by atoms with E-state index in [2.05, 4.69) is 25.7 Å². The second-order valence-electron chi connectivity index (χ2n) is 6.64. The average molecular weight is 438 g/mol. The first kappa shape index (κ1) is 20.7. The molecule has 0 radical (unpaired) electrons. The second-order valence-corrected chi connectivity index (χ2v) is 7.58. The van der Waals surface area contributed by atoms with Gasteiger partial charge in [-0.15, -0.1) is 10.2 Å². The molecule has 4 rings (SSSR count). The molecule has 8 nitrogen and oxygen atoms in total. The van der Waals surface area contributed by atoms with E-state index in [9.17, 15) is 9.18 Å². The molecule has 158 valence electrons. The average Bonchev–Trinajstić information content (AvgIpc) is 3.42. The number of rotatable bonds is 7. The van der Waals surface area contributed by atoms with Crippen molar-refractivity contribution in [2.24, 2.45) is 0 Å². The summed E-state index contributed by atoms with van der Waals surface area (Å²) in [6.45, 7) is 4.15. The molecule has 0 unspecified atom stereocenters. The summed E-state index contributed by atoms with van der Waals surface area (Å²) in [5.74, 6) is 0.590. The molecule has 2 aromatic heterocycles. The largest absolute Gasteiger partial charge is 0.330 e. The Morgan fingerprint density at radius 1 is 1.19 bits per heavy atom. The molecule has 2 aromatic carbocycles. The summed E-state index contributed by atoms with van der Waals surface area (Å²) in [5, 5.41) is 15.6. The molecule has 2 heterocycles. The van der Waals surface area contributed by atoms with Crippen molar-refractivity contribution in [2.45, 2.75) is 25.5 Å². The number of nitrogens with zero attached hydrogens (tertiary/aromatic N) is 5. The van der Waals surface area contributed by atoms with Crippen LogP contribution in [0.3, 0.4) is 0 Å². The molecule has 0 spiro atoms. The first-order chi connectivity index (χ1) is 15.0. The van der Waals surface area contributed by atoms with Crippen molar-refractivity contribution in [1.29, 1.82) is 0 Å². The van der Waals surface area contributed by atoms with Crippen LogP contribution in [0.5, 0.6) is 0 Å². The summed E-state index contributed by atoms with van der Waals surface area (Å²) in [4.78, 5) is 16.7. The topological polar surface area (TPSA) is 98.7 Å². The predicted octanol–water partition coefficient (Wildman–Crippen LogP) is 4.19. The smallest absolute Gasteiger partial charge is 0.296 e. The van der Waals surface area contributed by atoms with Crippen LogP contribution < -0.4 is 5.32 Å². The summed E-state index contributed by atoms with van der Waals surface area (Å²) in [6, 6.07) is 14.0. The number of aromatic nitrogens is 5. The summed E-state index contributed by atoms with van der Waals surface area (Å²) >= 11 is 1.22. The lowest BCUT2D eigenvalue weighted by molar-refractivity contribution is -0.113. The number of halogens is 1. The molecule has 0 aliphatic heterocycles. The Balaban J connectivity index is 1.45. The van der Waals surface area contributed by atoms with Crippen molar-refractivity contribution in [1.82, 2.24) is 24.9 Å². The normalized spacial score (nSPS) is 10.9. The fourth-order valence-corrected chi connectivity index (χ4v) is 3.66. The van der Waals surface area contributed by atoms with Gasteiger partial charge in [-0.1, -0.05) is 53.3 Å². The Kier molecular flexibility index (Phi) is 6.08. The first-order valence-electron chi connectivity index (χ1n) is 9.56. The second kappa shape index (κ2) is 9.09. The van der Waals surface area contributed by atoms with E-state index in [1.165, 1.54) is 17.8 Å². The van der Waals surface area contributed by atoms with E-state index in [0.29, 0.717) is 34.6 Å². The lowest BCUT2D eigenvalue weighted by Crippen LogP contribution is -2.15. The number of hydrogen-bond acceptors (Lipinski definition) is 7. The van der Waals surface area contributed by atoms with Crippen molar-refractivity contribution in [3.63, 3.8) is 0 Å². The maximum absolute atomic E-state index is 13.7. The standard InChI is InChI=1S/C21H19FN6O2S/c1-3-28-19(20-24-18(27-30-20)14-7-5-4-6-8-14)25-26-21(28)31-12-17(29)23-15-10-9-13(2)16(22)11-15/h4-11H,3,12H2,1-2H3,(H,23,29). The molecule has 0 bridgehead atoms. The number of benzene rings is 2. The highest BCUT2D eigenvalue weighted by Gasteiger charge is 2.20. The lowest BCUT2D eigenvalue weighted by Gasteiger charge is -2.07. The van der Waals surface area contributed by atoms with Crippen molar-refractivity contribution in [2.75, 3.05) is 11.1 Å². The number of thioether (sulfide) groups is 1. The number of carbonyl (C=O) groups excluding carboxylic acids is 1. The van der Waals surface area contributed by atoms with Crippen LogP contribution in [0.1, 0.15) is 12.5 Å². The van der Waals surface area contributed by atoms with Crippen LogP contribution in [0, 0.1) is 12.7 Å². The predicted molar refractivity (Wildman–Crippen MR) is 115 cm³/mol. The molecule has 1 amide bonds. The zero-order valence-corrected chi connectivity index (χ0v) is 17.7. The molecular formula is C21H19FN6O2S. The van der Waals surface area contributed by atoms with Gasteiger partial charge in [-0.3, -0.25) is 9.36 Å². The van der Waals surface area contributed by atoms with E-state index in [1.807, 2.05) is 37.3 Å². The van der Waals surface area contributed by atoms with E-state index in [1.54, 1.807) is 23.6 Å². The van der Waals surface area contributed by atoms with Crippen LogP contribution in [-0.2, 0) is 11.3 Å². The summed E-state index contributed by atoms with van der Waals surface area (Å²) < 4.78 is 20.8. The number of hydrogen-bond donors (Lipinski definition) is 1. The lowest BCUT2D eigenvalue weighted by atomic mass is 10.2. The van der Waals surface area contributed by atoms with Gasteiger partial charge in [0.2, 0.25) is 17.6 Å². The Morgan fingerprint density at radius 3 is 2.74 bits per heavy atom. The van der Waals surface area contributed by atoms with Crippen LogP contribution in [0.25, 0.3) is 23.1 Å². The van der Waals surface area contributed by atoms with Crippen LogP contribution in [0.15, 0.2) is 58.2 Å². The molecule has 0 atom stereocenters. The van der Waals surface area contributed by atoms with Gasteiger partial charge in [0, 0.05) is 17.8 Å². The first-order valence-corrected chi connectivity index (χ1v) is 10.5. The molecule has 0 aliphatic carbocycles. The highest BCUT2D eigenvalue weighted by atomic mass is 32.2. The maximum Gasteiger partial charge on any atom is 0.296 e. The number of aryl methyl sites for hydroxylation is 1. The van der Waals surface area contributed by atoms with Crippen molar-refractivity contribution >= 4 is 23.4 Å². The number of carbonyl (C=O) groups is 1. The molecule has 10 heteroatoms. The molecule has 0 saturated heterocycles. The summed E-state index contributed by atoms with van der Waals surface area (Å²) in [5.41, 5.74) is 1.76. The van der Waals surface area contributed by atoms with Crippen LogP contribution in [0.4, 0.5) is 10.1 Å².